The Balaban J connectivity index is 2.87. The van der Waals surface area contributed by atoms with Crippen LogP contribution in [0.1, 0.15) is 0 Å². The lowest BCUT2D eigenvalue weighted by atomic mass is 10.2. The average Bonchev–Trinajstić information content (AvgIpc) is 2.60. The summed E-state index contributed by atoms with van der Waals surface area (Å²) in [6.45, 7) is 0. The molecule has 1 heterocycles. The maximum Gasteiger partial charge on any atom is 0.137 e. The molecule has 0 amide bonds. The summed E-state index contributed by atoms with van der Waals surface area (Å²) in [6.07, 6.45) is 0. The molecule has 2 aromatic rings. The highest BCUT2D eigenvalue weighted by atomic mass is 79.9. The highest BCUT2D eigenvalue weighted by molar-refractivity contribution is 9.13. The summed E-state index contributed by atoms with van der Waals surface area (Å²) in [5.41, 5.74) is 0. The van der Waals surface area contributed by atoms with Crippen molar-refractivity contribution >= 4 is 53.3 Å². The molecule has 0 saturated carbocycles. The van der Waals surface area contributed by atoms with E-state index in [1.165, 1.54) is 10.1 Å². The molecule has 0 radical (unpaired) electrons. The van der Waals surface area contributed by atoms with Crippen molar-refractivity contribution in [2.45, 2.75) is 0 Å². The molecule has 0 aliphatic rings. The monoisotopic (exact) mass is 320 g/mol. The number of halogens is 2. The fourth-order valence-electron chi connectivity index (χ4n) is 1.20. The van der Waals surface area contributed by atoms with E-state index in [2.05, 4.69) is 43.3 Å². The number of ether oxygens (including phenoxy) is 1. The molecule has 0 saturated heterocycles. The Morgan fingerprint density at radius 1 is 1.38 bits per heavy atom. The molecule has 0 fully saturated rings. The highest BCUT2D eigenvalue weighted by Gasteiger charge is 2.09. The van der Waals surface area contributed by atoms with Crippen LogP contribution in [-0.2, 0) is 0 Å². The molecule has 0 spiro atoms. The number of hydrogen-bond donors (Lipinski definition) is 0. The van der Waals surface area contributed by atoms with Crippen LogP contribution in [0.25, 0.3) is 10.1 Å². The van der Waals surface area contributed by atoms with Crippen molar-refractivity contribution in [3.05, 3.63) is 26.5 Å². The number of hydrogen-bond acceptors (Lipinski definition) is 2. The highest BCUT2D eigenvalue weighted by Crippen LogP contribution is 2.40. The van der Waals surface area contributed by atoms with E-state index in [4.69, 9.17) is 4.74 Å². The van der Waals surface area contributed by atoms with Gasteiger partial charge in [-0.3, -0.25) is 0 Å². The van der Waals surface area contributed by atoms with Gasteiger partial charge in [0.05, 0.1) is 11.8 Å². The van der Waals surface area contributed by atoms with E-state index in [9.17, 15) is 0 Å². The van der Waals surface area contributed by atoms with Gasteiger partial charge < -0.3 is 4.74 Å². The van der Waals surface area contributed by atoms with Gasteiger partial charge in [-0.25, -0.2) is 0 Å². The minimum Gasteiger partial charge on any atom is -0.495 e. The van der Waals surface area contributed by atoms with E-state index >= 15 is 0 Å². The molecular weight excluding hydrogens is 316 g/mol. The minimum atomic E-state index is 0.917. The summed E-state index contributed by atoms with van der Waals surface area (Å²) < 4.78 is 8.57. The maximum atomic E-state index is 5.28. The Morgan fingerprint density at radius 2 is 2.15 bits per heavy atom. The van der Waals surface area contributed by atoms with Gasteiger partial charge in [-0.05, 0) is 49.4 Å². The topological polar surface area (TPSA) is 9.23 Å². The predicted octanol–water partition coefficient (Wildman–Crippen LogP) is 4.43. The molecule has 0 unspecified atom stereocenters. The van der Waals surface area contributed by atoms with Gasteiger partial charge in [0.2, 0.25) is 0 Å². The summed E-state index contributed by atoms with van der Waals surface area (Å²) in [4.78, 5) is 0. The first-order valence-corrected chi connectivity index (χ1v) is 6.10. The summed E-state index contributed by atoms with van der Waals surface area (Å²) in [6, 6.07) is 4.06. The van der Waals surface area contributed by atoms with Gasteiger partial charge in [0.1, 0.15) is 5.75 Å². The smallest absolute Gasteiger partial charge is 0.137 e. The third-order valence-corrected chi connectivity index (χ3v) is 4.75. The van der Waals surface area contributed by atoms with Crippen molar-refractivity contribution in [1.29, 1.82) is 0 Å². The molecule has 0 aliphatic carbocycles. The molecule has 0 atom stereocenters. The summed E-state index contributed by atoms with van der Waals surface area (Å²) in [7, 11) is 1.69. The number of rotatable bonds is 1. The Kier molecular flexibility index (Phi) is 2.62. The fourth-order valence-corrected chi connectivity index (χ4v) is 3.09. The van der Waals surface area contributed by atoms with E-state index < -0.39 is 0 Å². The molecular formula is C9H6Br2OS. The lowest BCUT2D eigenvalue weighted by Gasteiger charge is -2.04. The van der Waals surface area contributed by atoms with Gasteiger partial charge in [-0.1, -0.05) is 0 Å². The van der Waals surface area contributed by atoms with E-state index in [1.54, 1.807) is 18.4 Å². The van der Waals surface area contributed by atoms with E-state index in [0.29, 0.717) is 0 Å². The zero-order valence-electron chi connectivity index (χ0n) is 6.80. The van der Waals surface area contributed by atoms with Crippen LogP contribution in [0.15, 0.2) is 26.5 Å². The molecule has 68 valence electrons. The summed E-state index contributed by atoms with van der Waals surface area (Å²) in [5.74, 6) is 0.917. The zero-order chi connectivity index (χ0) is 9.42. The van der Waals surface area contributed by atoms with Gasteiger partial charge in [0.15, 0.2) is 0 Å². The van der Waals surface area contributed by atoms with E-state index in [0.717, 1.165) is 14.7 Å². The first kappa shape index (κ1) is 9.49. The van der Waals surface area contributed by atoms with E-state index in [1.807, 2.05) is 6.07 Å². The lowest BCUT2D eigenvalue weighted by Crippen LogP contribution is -1.83. The SMILES string of the molecule is COc1cc(Br)c(Br)c2ccsc12. The Bertz CT molecular complexity index is 450. The van der Waals surface area contributed by atoms with Crippen molar-refractivity contribution in [3.8, 4) is 5.75 Å². The molecule has 2 rings (SSSR count). The third-order valence-electron chi connectivity index (χ3n) is 1.81. The van der Waals surface area contributed by atoms with Crippen molar-refractivity contribution in [2.24, 2.45) is 0 Å². The van der Waals surface area contributed by atoms with E-state index in [-0.39, 0.29) is 0 Å². The molecule has 1 aromatic heterocycles. The molecule has 1 nitrogen and oxygen atoms in total. The van der Waals surface area contributed by atoms with Crippen LogP contribution in [-0.4, -0.2) is 7.11 Å². The Labute approximate surface area is 97.0 Å². The summed E-state index contributed by atoms with van der Waals surface area (Å²) >= 11 is 8.68. The van der Waals surface area contributed by atoms with Gasteiger partial charge in [-0.2, -0.15) is 0 Å². The molecule has 4 heteroatoms. The molecule has 0 aliphatic heterocycles. The van der Waals surface area contributed by atoms with Gasteiger partial charge in [0.25, 0.3) is 0 Å². The first-order valence-electron chi connectivity index (χ1n) is 3.63. The number of fused-ring (bicyclic) bond motifs is 1. The van der Waals surface area contributed by atoms with Crippen LogP contribution >= 0.6 is 43.2 Å². The third kappa shape index (κ3) is 1.51. The van der Waals surface area contributed by atoms with Crippen molar-refractivity contribution in [1.82, 2.24) is 0 Å². The van der Waals surface area contributed by atoms with Gasteiger partial charge in [0, 0.05) is 14.3 Å². The summed E-state index contributed by atoms with van der Waals surface area (Å²) in [5, 5.41) is 3.25. The largest absolute Gasteiger partial charge is 0.495 e. The van der Waals surface area contributed by atoms with Crippen LogP contribution in [0.5, 0.6) is 5.75 Å². The number of benzene rings is 1. The van der Waals surface area contributed by atoms with Gasteiger partial charge >= 0.3 is 0 Å². The molecule has 0 bridgehead atoms. The second kappa shape index (κ2) is 3.59. The molecule has 0 N–H and O–H groups in total. The van der Waals surface area contributed by atoms with Crippen LogP contribution in [0.4, 0.5) is 0 Å². The van der Waals surface area contributed by atoms with Crippen molar-refractivity contribution in [2.75, 3.05) is 7.11 Å². The lowest BCUT2D eigenvalue weighted by molar-refractivity contribution is 0.420. The first-order chi connectivity index (χ1) is 6.24. The quantitative estimate of drug-likeness (QED) is 0.754. The van der Waals surface area contributed by atoms with Crippen molar-refractivity contribution in [3.63, 3.8) is 0 Å². The average molecular weight is 322 g/mol. The fraction of sp³-hybridized carbons (Fsp3) is 0.111. The minimum absolute atomic E-state index is 0.917. The standard InChI is InChI=1S/C9H6Br2OS/c1-12-7-4-6(10)8(11)5-2-3-13-9(5)7/h2-4H,1H3. The van der Waals surface area contributed by atoms with Crippen LogP contribution < -0.4 is 4.74 Å². The normalized spacial score (nSPS) is 10.7. The van der Waals surface area contributed by atoms with Crippen LogP contribution in [0, 0.1) is 0 Å². The second-order valence-corrected chi connectivity index (χ2v) is 5.10. The van der Waals surface area contributed by atoms with Crippen molar-refractivity contribution < 1.29 is 4.74 Å². The maximum absolute atomic E-state index is 5.28. The van der Waals surface area contributed by atoms with Gasteiger partial charge in [-0.15, -0.1) is 11.3 Å². The Morgan fingerprint density at radius 3 is 2.85 bits per heavy atom. The predicted molar refractivity (Wildman–Crippen MR) is 63.8 cm³/mol. The van der Waals surface area contributed by atoms with Crippen LogP contribution in [0.2, 0.25) is 0 Å². The molecule has 1 aromatic carbocycles. The zero-order valence-corrected chi connectivity index (χ0v) is 10.8. The Hall–Kier alpha value is -0.0600. The second-order valence-electron chi connectivity index (χ2n) is 2.54. The van der Waals surface area contributed by atoms with Crippen LogP contribution in [0.3, 0.4) is 0 Å². The molecule has 13 heavy (non-hydrogen) atoms. The number of thiophene rings is 1. The number of methoxy groups -OCH3 is 1.